The van der Waals surface area contributed by atoms with Crippen molar-refractivity contribution in [3.05, 3.63) is 67.5 Å². The Morgan fingerprint density at radius 3 is 2.40 bits per heavy atom. The minimum atomic E-state index is -0.473. The van der Waals surface area contributed by atoms with E-state index in [1.807, 2.05) is 24.3 Å². The number of benzene rings is 3. The second-order valence-electron chi connectivity index (χ2n) is 7.84. The SMILES string of the molecule is CC(C)COc1ccc(C(=O)NC(=S)NNC(=O)COc2ccc3cc(Br)ccc3c2Br)cc1Br. The number of rotatable bonds is 7. The molecule has 0 spiro atoms. The van der Waals surface area contributed by atoms with Gasteiger partial charge in [-0.1, -0.05) is 41.9 Å². The van der Waals surface area contributed by atoms with Gasteiger partial charge in [0.15, 0.2) is 11.7 Å². The van der Waals surface area contributed by atoms with E-state index in [2.05, 4.69) is 77.8 Å². The molecule has 3 N–H and O–H groups in total. The highest BCUT2D eigenvalue weighted by atomic mass is 79.9. The average Bonchev–Trinajstić information content (AvgIpc) is 2.81. The van der Waals surface area contributed by atoms with Gasteiger partial charge in [0.25, 0.3) is 11.8 Å². The molecule has 7 nitrogen and oxygen atoms in total. The number of carbonyl (C=O) groups is 2. The summed E-state index contributed by atoms with van der Waals surface area (Å²) in [4.78, 5) is 24.6. The minimum absolute atomic E-state index is 0.0583. The van der Waals surface area contributed by atoms with Gasteiger partial charge in [0.2, 0.25) is 0 Å². The lowest BCUT2D eigenvalue weighted by Gasteiger charge is -2.13. The van der Waals surface area contributed by atoms with E-state index in [0.717, 1.165) is 19.7 Å². The van der Waals surface area contributed by atoms with Gasteiger partial charge in [-0.15, -0.1) is 0 Å². The van der Waals surface area contributed by atoms with E-state index in [-0.39, 0.29) is 11.7 Å². The summed E-state index contributed by atoms with van der Waals surface area (Å²) in [6, 6.07) is 14.5. The van der Waals surface area contributed by atoms with Gasteiger partial charge >= 0.3 is 0 Å². The molecule has 0 heterocycles. The lowest BCUT2D eigenvalue weighted by molar-refractivity contribution is -0.123. The van der Waals surface area contributed by atoms with Crippen molar-refractivity contribution in [2.24, 2.45) is 5.92 Å². The van der Waals surface area contributed by atoms with Crippen LogP contribution in [0.2, 0.25) is 0 Å². The summed E-state index contributed by atoms with van der Waals surface area (Å²) in [7, 11) is 0. The summed E-state index contributed by atoms with van der Waals surface area (Å²) in [5, 5.41) is 4.43. The van der Waals surface area contributed by atoms with Crippen molar-refractivity contribution in [2.45, 2.75) is 13.8 Å². The van der Waals surface area contributed by atoms with Crippen LogP contribution in [0.25, 0.3) is 10.8 Å². The van der Waals surface area contributed by atoms with Gasteiger partial charge in [0.05, 0.1) is 15.6 Å². The van der Waals surface area contributed by atoms with Crippen LogP contribution in [0.1, 0.15) is 24.2 Å². The van der Waals surface area contributed by atoms with Crippen LogP contribution in [0.5, 0.6) is 11.5 Å². The maximum absolute atomic E-state index is 12.5. The second-order valence-corrected chi connectivity index (χ2v) is 10.8. The first kappa shape index (κ1) is 27.4. The molecule has 0 aliphatic heterocycles. The van der Waals surface area contributed by atoms with Gasteiger partial charge in [-0.3, -0.25) is 25.8 Å². The van der Waals surface area contributed by atoms with E-state index in [0.29, 0.717) is 34.1 Å². The van der Waals surface area contributed by atoms with E-state index in [9.17, 15) is 9.59 Å². The van der Waals surface area contributed by atoms with Crippen molar-refractivity contribution >= 4 is 87.7 Å². The Balaban J connectivity index is 1.47. The molecular formula is C24H22Br3N3O4S. The number of hydrogen-bond acceptors (Lipinski definition) is 5. The van der Waals surface area contributed by atoms with Crippen LogP contribution in [-0.4, -0.2) is 30.1 Å². The molecule has 11 heteroatoms. The van der Waals surface area contributed by atoms with Crippen molar-refractivity contribution in [3.8, 4) is 11.5 Å². The first-order valence-electron chi connectivity index (χ1n) is 10.5. The smallest absolute Gasteiger partial charge is 0.276 e. The molecule has 0 unspecified atom stereocenters. The molecular weight excluding hydrogens is 666 g/mol. The zero-order valence-electron chi connectivity index (χ0n) is 18.8. The van der Waals surface area contributed by atoms with Crippen molar-refractivity contribution in [1.82, 2.24) is 16.2 Å². The zero-order chi connectivity index (χ0) is 25.5. The maximum Gasteiger partial charge on any atom is 0.276 e. The number of amides is 2. The Bertz CT molecular complexity index is 1270. The van der Waals surface area contributed by atoms with Gasteiger partial charge < -0.3 is 9.47 Å². The molecule has 0 atom stereocenters. The molecule has 0 radical (unpaired) electrons. The van der Waals surface area contributed by atoms with Crippen molar-refractivity contribution in [1.29, 1.82) is 0 Å². The fourth-order valence-corrected chi connectivity index (χ4v) is 4.51. The number of carbonyl (C=O) groups excluding carboxylic acids is 2. The van der Waals surface area contributed by atoms with Crippen LogP contribution in [0.3, 0.4) is 0 Å². The molecule has 0 aliphatic rings. The number of halogens is 3. The molecule has 0 aromatic heterocycles. The average molecular weight is 688 g/mol. The molecule has 3 aromatic carbocycles. The number of hydrazine groups is 1. The Hall–Kier alpha value is -2.21. The van der Waals surface area contributed by atoms with E-state index in [4.69, 9.17) is 21.7 Å². The molecule has 35 heavy (non-hydrogen) atoms. The van der Waals surface area contributed by atoms with Crippen molar-refractivity contribution in [2.75, 3.05) is 13.2 Å². The van der Waals surface area contributed by atoms with Crippen molar-refractivity contribution in [3.63, 3.8) is 0 Å². The highest BCUT2D eigenvalue weighted by Crippen LogP contribution is 2.34. The van der Waals surface area contributed by atoms with Crippen LogP contribution < -0.4 is 25.6 Å². The van der Waals surface area contributed by atoms with E-state index < -0.39 is 11.8 Å². The summed E-state index contributed by atoms with van der Waals surface area (Å²) >= 11 is 15.5. The summed E-state index contributed by atoms with van der Waals surface area (Å²) < 4.78 is 13.7. The molecule has 184 valence electrons. The van der Waals surface area contributed by atoms with Crippen LogP contribution in [0.15, 0.2) is 61.9 Å². The predicted octanol–water partition coefficient (Wildman–Crippen LogP) is 5.88. The molecule has 0 aliphatic carbocycles. The van der Waals surface area contributed by atoms with Crippen LogP contribution in [-0.2, 0) is 4.79 Å². The van der Waals surface area contributed by atoms with Crippen LogP contribution in [0, 0.1) is 5.92 Å². The second kappa shape index (κ2) is 12.7. The molecule has 0 fully saturated rings. The number of nitrogens with one attached hydrogen (secondary N) is 3. The number of thiocarbonyl (C=S) groups is 1. The van der Waals surface area contributed by atoms with E-state index in [1.54, 1.807) is 24.3 Å². The highest BCUT2D eigenvalue weighted by molar-refractivity contribution is 9.11. The number of fused-ring (bicyclic) bond motifs is 1. The first-order valence-corrected chi connectivity index (χ1v) is 13.3. The standard InChI is InChI=1S/C24H22Br3N3O4S/c1-13(2)11-33-19-7-4-15(10-18(19)26)23(32)28-24(35)30-29-21(31)12-34-20-8-3-14-9-16(25)5-6-17(14)22(20)27/h3-10,13H,11-12H2,1-2H3,(H,29,31)(H2,28,30,32,35). The Kier molecular flexibility index (Phi) is 9.90. The fourth-order valence-electron chi connectivity index (χ4n) is 2.88. The zero-order valence-corrected chi connectivity index (χ0v) is 24.4. The summed E-state index contributed by atoms with van der Waals surface area (Å²) in [5.41, 5.74) is 5.27. The van der Waals surface area contributed by atoms with E-state index >= 15 is 0 Å². The molecule has 2 amide bonds. The largest absolute Gasteiger partial charge is 0.492 e. The number of ether oxygens (including phenoxy) is 2. The van der Waals surface area contributed by atoms with Gasteiger partial charge in [-0.2, -0.15) is 0 Å². The Morgan fingerprint density at radius 2 is 1.69 bits per heavy atom. The lowest BCUT2D eigenvalue weighted by atomic mass is 10.1. The third-order valence-corrected chi connectivity index (χ3v) is 6.68. The van der Waals surface area contributed by atoms with Crippen molar-refractivity contribution < 1.29 is 19.1 Å². The summed E-state index contributed by atoms with van der Waals surface area (Å²) in [6.45, 7) is 4.42. The molecule has 3 rings (SSSR count). The van der Waals surface area contributed by atoms with E-state index in [1.165, 1.54) is 0 Å². The summed E-state index contributed by atoms with van der Waals surface area (Å²) in [5.74, 6) is 0.645. The highest BCUT2D eigenvalue weighted by Gasteiger charge is 2.13. The summed E-state index contributed by atoms with van der Waals surface area (Å²) in [6.07, 6.45) is 0. The fraction of sp³-hybridized carbons (Fsp3) is 0.208. The Labute approximate surface area is 233 Å². The minimum Gasteiger partial charge on any atom is -0.492 e. The first-order chi connectivity index (χ1) is 16.6. The van der Waals surface area contributed by atoms with Gasteiger partial charge in [0, 0.05) is 10.0 Å². The normalized spacial score (nSPS) is 10.7. The third-order valence-electron chi connectivity index (χ3n) is 4.55. The molecule has 0 saturated carbocycles. The van der Waals surface area contributed by atoms with Gasteiger partial charge in [0.1, 0.15) is 11.5 Å². The maximum atomic E-state index is 12.5. The predicted molar refractivity (Wildman–Crippen MR) is 151 cm³/mol. The molecule has 0 saturated heterocycles. The molecule has 0 bridgehead atoms. The lowest BCUT2D eigenvalue weighted by Crippen LogP contribution is -2.49. The van der Waals surface area contributed by atoms with Gasteiger partial charge in [-0.05, 0) is 97.2 Å². The van der Waals surface area contributed by atoms with Crippen LogP contribution >= 0.6 is 60.0 Å². The Morgan fingerprint density at radius 1 is 0.943 bits per heavy atom. The number of hydrogen-bond donors (Lipinski definition) is 3. The molecule has 3 aromatic rings. The third kappa shape index (κ3) is 7.89. The quantitative estimate of drug-likeness (QED) is 0.213. The topological polar surface area (TPSA) is 88.7 Å². The van der Waals surface area contributed by atoms with Gasteiger partial charge in [-0.25, -0.2) is 0 Å². The monoisotopic (exact) mass is 685 g/mol. The van der Waals surface area contributed by atoms with Crippen LogP contribution in [0.4, 0.5) is 0 Å².